The van der Waals surface area contributed by atoms with Gasteiger partial charge in [0, 0.05) is 50.6 Å². The lowest BCUT2D eigenvalue weighted by Crippen LogP contribution is -2.32. The minimum absolute atomic E-state index is 0.364. The van der Waals surface area contributed by atoms with Crippen molar-refractivity contribution in [2.45, 2.75) is 39.3 Å². The van der Waals surface area contributed by atoms with E-state index in [1.807, 2.05) is 12.3 Å². The molecule has 0 amide bonds. The SMILES string of the molecule is CCCCNc1nc(N)nc2c1CN(Cc1cccnc1)CC2. The third-order valence-corrected chi connectivity index (χ3v) is 4.11. The second-order valence-corrected chi connectivity index (χ2v) is 5.96. The Balaban J connectivity index is 1.75. The number of aromatic nitrogens is 3. The van der Waals surface area contributed by atoms with Crippen molar-refractivity contribution in [1.29, 1.82) is 0 Å². The number of fused-ring (bicyclic) bond motifs is 1. The summed E-state index contributed by atoms with van der Waals surface area (Å²) in [5.41, 5.74) is 9.36. The highest BCUT2D eigenvalue weighted by Gasteiger charge is 2.22. The third kappa shape index (κ3) is 3.96. The van der Waals surface area contributed by atoms with Gasteiger partial charge in [-0.3, -0.25) is 9.88 Å². The van der Waals surface area contributed by atoms with Crippen molar-refractivity contribution in [2.75, 3.05) is 24.1 Å². The van der Waals surface area contributed by atoms with Crippen LogP contribution in [0.5, 0.6) is 0 Å². The molecule has 0 aromatic carbocycles. The molecular formula is C17H24N6. The van der Waals surface area contributed by atoms with Gasteiger partial charge in [0.15, 0.2) is 0 Å². The second kappa shape index (κ2) is 7.37. The highest BCUT2D eigenvalue weighted by Crippen LogP contribution is 2.25. The third-order valence-electron chi connectivity index (χ3n) is 4.11. The highest BCUT2D eigenvalue weighted by molar-refractivity contribution is 5.50. The highest BCUT2D eigenvalue weighted by atomic mass is 15.2. The van der Waals surface area contributed by atoms with Crippen LogP contribution in [-0.4, -0.2) is 32.9 Å². The van der Waals surface area contributed by atoms with Crippen LogP contribution in [0.4, 0.5) is 11.8 Å². The molecule has 0 bridgehead atoms. The van der Waals surface area contributed by atoms with Crippen LogP contribution in [-0.2, 0) is 19.5 Å². The normalized spacial score (nSPS) is 14.5. The first-order chi connectivity index (χ1) is 11.3. The Morgan fingerprint density at radius 2 is 2.26 bits per heavy atom. The lowest BCUT2D eigenvalue weighted by molar-refractivity contribution is 0.243. The largest absolute Gasteiger partial charge is 0.370 e. The molecule has 6 nitrogen and oxygen atoms in total. The summed E-state index contributed by atoms with van der Waals surface area (Å²) in [6, 6.07) is 4.09. The van der Waals surface area contributed by atoms with Crippen molar-refractivity contribution in [3.05, 3.63) is 41.3 Å². The Bertz CT molecular complexity index is 643. The summed E-state index contributed by atoms with van der Waals surface area (Å²) in [6.45, 7) is 5.82. The molecule has 3 rings (SSSR count). The van der Waals surface area contributed by atoms with Gasteiger partial charge in [0.25, 0.3) is 0 Å². The van der Waals surface area contributed by atoms with E-state index < -0.39 is 0 Å². The number of nitrogens with two attached hydrogens (primary N) is 1. The van der Waals surface area contributed by atoms with Crippen molar-refractivity contribution in [1.82, 2.24) is 19.9 Å². The van der Waals surface area contributed by atoms with E-state index in [4.69, 9.17) is 5.73 Å². The monoisotopic (exact) mass is 312 g/mol. The molecule has 122 valence electrons. The lowest BCUT2D eigenvalue weighted by atomic mass is 10.1. The molecule has 3 N–H and O–H groups in total. The summed E-state index contributed by atoms with van der Waals surface area (Å²) < 4.78 is 0. The molecule has 23 heavy (non-hydrogen) atoms. The van der Waals surface area contributed by atoms with Crippen molar-refractivity contribution in [2.24, 2.45) is 0 Å². The molecule has 0 atom stereocenters. The standard InChI is InChI=1S/C17H24N6/c1-2-3-8-20-16-14-12-23(11-13-5-4-7-19-10-13)9-6-15(14)21-17(18)22-16/h4-5,7,10H,2-3,6,8-9,11-12H2,1H3,(H3,18,20,21,22). The molecule has 0 fully saturated rings. The Morgan fingerprint density at radius 1 is 1.35 bits per heavy atom. The zero-order valence-electron chi connectivity index (χ0n) is 13.6. The van der Waals surface area contributed by atoms with Crippen molar-refractivity contribution >= 4 is 11.8 Å². The zero-order valence-corrected chi connectivity index (χ0v) is 13.6. The summed E-state index contributed by atoms with van der Waals surface area (Å²) >= 11 is 0. The van der Waals surface area contributed by atoms with E-state index in [0.29, 0.717) is 5.95 Å². The molecular weight excluding hydrogens is 288 g/mol. The van der Waals surface area contributed by atoms with Crippen LogP contribution in [0.2, 0.25) is 0 Å². The minimum atomic E-state index is 0.364. The quantitative estimate of drug-likeness (QED) is 0.796. The summed E-state index contributed by atoms with van der Waals surface area (Å²) in [4.78, 5) is 15.4. The number of hydrogen-bond donors (Lipinski definition) is 2. The number of nitrogens with one attached hydrogen (secondary N) is 1. The fraction of sp³-hybridized carbons (Fsp3) is 0.471. The molecule has 0 saturated heterocycles. The van der Waals surface area contributed by atoms with Crippen LogP contribution < -0.4 is 11.1 Å². The van der Waals surface area contributed by atoms with Gasteiger partial charge in [0.05, 0.1) is 5.69 Å². The van der Waals surface area contributed by atoms with Crippen molar-refractivity contribution in [3.8, 4) is 0 Å². The number of unbranched alkanes of at least 4 members (excludes halogenated alkanes) is 1. The van der Waals surface area contributed by atoms with Gasteiger partial charge >= 0.3 is 0 Å². The number of nitrogen functional groups attached to an aromatic ring is 1. The predicted molar refractivity (Wildman–Crippen MR) is 91.9 cm³/mol. The lowest BCUT2D eigenvalue weighted by Gasteiger charge is -2.29. The van der Waals surface area contributed by atoms with Gasteiger partial charge in [-0.1, -0.05) is 19.4 Å². The smallest absolute Gasteiger partial charge is 0.222 e. The molecule has 0 radical (unpaired) electrons. The van der Waals surface area contributed by atoms with Crippen LogP contribution >= 0.6 is 0 Å². The number of anilines is 2. The number of hydrogen-bond acceptors (Lipinski definition) is 6. The van der Waals surface area contributed by atoms with Gasteiger partial charge in [-0.2, -0.15) is 4.98 Å². The van der Waals surface area contributed by atoms with E-state index in [0.717, 1.165) is 57.0 Å². The van der Waals surface area contributed by atoms with E-state index in [-0.39, 0.29) is 0 Å². The molecule has 0 unspecified atom stereocenters. The maximum absolute atomic E-state index is 5.86. The van der Waals surface area contributed by atoms with Gasteiger partial charge < -0.3 is 11.1 Å². The van der Waals surface area contributed by atoms with E-state index in [1.54, 1.807) is 6.20 Å². The Morgan fingerprint density at radius 3 is 3.04 bits per heavy atom. The predicted octanol–water partition coefficient (Wildman–Crippen LogP) is 2.22. The summed E-state index contributed by atoms with van der Waals surface area (Å²) in [7, 11) is 0. The van der Waals surface area contributed by atoms with E-state index >= 15 is 0 Å². The zero-order chi connectivity index (χ0) is 16.1. The number of nitrogens with zero attached hydrogens (tertiary/aromatic N) is 4. The van der Waals surface area contributed by atoms with E-state index in [2.05, 4.69) is 38.2 Å². The number of rotatable bonds is 6. The first-order valence-electron chi connectivity index (χ1n) is 8.26. The number of pyridine rings is 1. The first kappa shape index (κ1) is 15.7. The van der Waals surface area contributed by atoms with E-state index in [1.165, 1.54) is 11.1 Å². The topological polar surface area (TPSA) is 80.0 Å². The average Bonchev–Trinajstić information content (AvgIpc) is 2.56. The first-order valence-corrected chi connectivity index (χ1v) is 8.26. The molecule has 1 aliphatic heterocycles. The maximum Gasteiger partial charge on any atom is 0.222 e. The van der Waals surface area contributed by atoms with Gasteiger partial charge in [0.1, 0.15) is 5.82 Å². The van der Waals surface area contributed by atoms with Gasteiger partial charge in [-0.25, -0.2) is 4.98 Å². The average molecular weight is 312 g/mol. The molecule has 2 aromatic rings. The van der Waals surface area contributed by atoms with Crippen LogP contribution in [0.15, 0.2) is 24.5 Å². The molecule has 1 aliphatic rings. The molecule has 3 heterocycles. The molecule has 0 aliphatic carbocycles. The Labute approximate surface area is 137 Å². The second-order valence-electron chi connectivity index (χ2n) is 5.96. The molecule has 2 aromatic heterocycles. The van der Waals surface area contributed by atoms with Crippen LogP contribution in [0, 0.1) is 0 Å². The Hall–Kier alpha value is -2.21. The Kier molecular flexibility index (Phi) is 5.02. The summed E-state index contributed by atoms with van der Waals surface area (Å²) in [6.07, 6.45) is 6.92. The van der Waals surface area contributed by atoms with Crippen molar-refractivity contribution < 1.29 is 0 Å². The minimum Gasteiger partial charge on any atom is -0.370 e. The van der Waals surface area contributed by atoms with E-state index in [9.17, 15) is 0 Å². The molecule has 6 heteroatoms. The molecule has 0 saturated carbocycles. The van der Waals surface area contributed by atoms with Gasteiger partial charge in [-0.05, 0) is 18.1 Å². The summed E-state index contributed by atoms with van der Waals surface area (Å²) in [5.74, 6) is 1.26. The van der Waals surface area contributed by atoms with Crippen LogP contribution in [0.25, 0.3) is 0 Å². The maximum atomic E-state index is 5.86. The fourth-order valence-corrected chi connectivity index (χ4v) is 2.90. The van der Waals surface area contributed by atoms with Gasteiger partial charge in [0.2, 0.25) is 5.95 Å². The summed E-state index contributed by atoms with van der Waals surface area (Å²) in [5, 5.41) is 3.43. The molecule has 0 spiro atoms. The van der Waals surface area contributed by atoms with Gasteiger partial charge in [-0.15, -0.1) is 0 Å². The van der Waals surface area contributed by atoms with Crippen LogP contribution in [0.3, 0.4) is 0 Å². The fourth-order valence-electron chi connectivity index (χ4n) is 2.90. The van der Waals surface area contributed by atoms with Crippen LogP contribution in [0.1, 0.15) is 36.6 Å². The van der Waals surface area contributed by atoms with Crippen molar-refractivity contribution in [3.63, 3.8) is 0 Å².